The van der Waals surface area contributed by atoms with Crippen molar-refractivity contribution in [2.75, 3.05) is 13.1 Å². The third-order valence-corrected chi connectivity index (χ3v) is 3.11. The Kier molecular flexibility index (Phi) is 5.96. The second-order valence-electron chi connectivity index (χ2n) is 5.23. The zero-order valence-corrected chi connectivity index (χ0v) is 11.7. The first-order chi connectivity index (χ1) is 9.40. The molecule has 1 aromatic carbocycles. The van der Waals surface area contributed by atoms with E-state index in [-0.39, 0.29) is 5.69 Å². The number of carbonyl (C=O) groups is 1. The first kappa shape index (κ1) is 15.9. The average molecular weight is 280 g/mol. The minimum absolute atomic E-state index is 0.137. The van der Waals surface area contributed by atoms with E-state index in [2.05, 4.69) is 13.8 Å². The van der Waals surface area contributed by atoms with E-state index in [1.165, 1.54) is 17.0 Å². The molecular formula is C14H20N2O4. The van der Waals surface area contributed by atoms with E-state index in [0.717, 1.165) is 6.42 Å². The molecule has 1 N–H and O–H groups in total. The Morgan fingerprint density at radius 2 is 1.75 bits per heavy atom. The Bertz CT molecular complexity index is 440. The average Bonchev–Trinajstić information content (AvgIpc) is 2.39. The maximum Gasteiger partial charge on any atom is 0.407 e. The van der Waals surface area contributed by atoms with Gasteiger partial charge in [0.2, 0.25) is 0 Å². The predicted octanol–water partition coefficient (Wildman–Crippen LogP) is 3.24. The van der Waals surface area contributed by atoms with Gasteiger partial charge in [-0.1, -0.05) is 32.0 Å². The smallest absolute Gasteiger partial charge is 0.407 e. The van der Waals surface area contributed by atoms with Gasteiger partial charge < -0.3 is 10.0 Å². The molecule has 1 heterocycles. The molecule has 2 rings (SSSR count). The van der Waals surface area contributed by atoms with E-state index in [0.29, 0.717) is 24.9 Å². The largest absolute Gasteiger partial charge is 0.465 e. The number of likely N-dealkylation sites (tertiary alicyclic amines) is 1. The molecule has 2 atom stereocenters. The highest BCUT2D eigenvalue weighted by Crippen LogP contribution is 2.20. The third-order valence-electron chi connectivity index (χ3n) is 3.11. The van der Waals surface area contributed by atoms with Gasteiger partial charge in [0.05, 0.1) is 4.92 Å². The molecule has 1 fully saturated rings. The van der Waals surface area contributed by atoms with Crippen molar-refractivity contribution in [1.29, 1.82) is 0 Å². The van der Waals surface area contributed by atoms with Crippen molar-refractivity contribution in [3.63, 3.8) is 0 Å². The van der Waals surface area contributed by atoms with Crippen LogP contribution >= 0.6 is 0 Å². The van der Waals surface area contributed by atoms with Crippen LogP contribution in [0.3, 0.4) is 0 Å². The molecule has 110 valence electrons. The highest BCUT2D eigenvalue weighted by molar-refractivity contribution is 5.65. The van der Waals surface area contributed by atoms with Crippen LogP contribution in [0.5, 0.6) is 0 Å². The van der Waals surface area contributed by atoms with E-state index in [1.54, 1.807) is 18.2 Å². The first-order valence-corrected chi connectivity index (χ1v) is 6.57. The molecule has 1 amide bonds. The number of hydrogen-bond acceptors (Lipinski definition) is 3. The molecule has 0 saturated carbocycles. The molecule has 0 radical (unpaired) electrons. The van der Waals surface area contributed by atoms with Crippen LogP contribution in [0.25, 0.3) is 0 Å². The topological polar surface area (TPSA) is 83.7 Å². The van der Waals surface area contributed by atoms with Crippen molar-refractivity contribution < 1.29 is 14.8 Å². The van der Waals surface area contributed by atoms with Crippen LogP contribution in [0, 0.1) is 22.0 Å². The molecule has 6 heteroatoms. The maximum atomic E-state index is 10.6. The first-order valence-electron chi connectivity index (χ1n) is 6.57. The fraction of sp³-hybridized carbons (Fsp3) is 0.500. The summed E-state index contributed by atoms with van der Waals surface area (Å²) in [5, 5.41) is 18.7. The summed E-state index contributed by atoms with van der Waals surface area (Å²) < 4.78 is 0. The molecule has 0 aliphatic carbocycles. The summed E-state index contributed by atoms with van der Waals surface area (Å²) in [6, 6.07) is 7.93. The molecule has 1 saturated heterocycles. The standard InChI is InChI=1S/C8H15NO2.C6H5NO2/c1-6-3-7(2)5-9(4-6)8(10)11;8-7(9)6-4-2-1-3-5-6/h6-7H,3-5H2,1-2H3,(H,10,11);1-5H. The SMILES string of the molecule is CC1CC(C)CN(C(=O)O)C1.O=[N+]([O-])c1ccccc1. The number of nitro groups is 1. The Morgan fingerprint density at radius 1 is 1.25 bits per heavy atom. The fourth-order valence-electron chi connectivity index (χ4n) is 2.37. The normalized spacial score (nSPS) is 21.6. The van der Waals surface area contributed by atoms with Crippen LogP contribution in [-0.2, 0) is 0 Å². The number of para-hydroxylation sites is 1. The summed E-state index contributed by atoms with van der Waals surface area (Å²) in [5.41, 5.74) is 0.137. The zero-order chi connectivity index (χ0) is 15.1. The van der Waals surface area contributed by atoms with Gasteiger partial charge >= 0.3 is 6.09 Å². The lowest BCUT2D eigenvalue weighted by Crippen LogP contribution is -2.41. The summed E-state index contributed by atoms with van der Waals surface area (Å²) in [4.78, 5) is 21.7. The van der Waals surface area contributed by atoms with Crippen LogP contribution in [0.1, 0.15) is 20.3 Å². The van der Waals surface area contributed by atoms with Gasteiger partial charge in [-0.2, -0.15) is 0 Å². The van der Waals surface area contributed by atoms with Gasteiger partial charge in [-0.3, -0.25) is 10.1 Å². The number of nitro benzene ring substituents is 1. The van der Waals surface area contributed by atoms with Crippen molar-refractivity contribution in [3.05, 3.63) is 40.4 Å². The van der Waals surface area contributed by atoms with Gasteiger partial charge in [-0.15, -0.1) is 0 Å². The number of amides is 1. The molecular weight excluding hydrogens is 260 g/mol. The minimum atomic E-state index is -0.775. The third kappa shape index (κ3) is 5.26. The van der Waals surface area contributed by atoms with E-state index in [9.17, 15) is 14.9 Å². The molecule has 0 spiro atoms. The van der Waals surface area contributed by atoms with Crippen LogP contribution in [0.15, 0.2) is 30.3 Å². The molecule has 1 aromatic rings. The Balaban J connectivity index is 0.000000204. The second kappa shape index (κ2) is 7.47. The highest BCUT2D eigenvalue weighted by Gasteiger charge is 2.24. The molecule has 0 aromatic heterocycles. The lowest BCUT2D eigenvalue weighted by molar-refractivity contribution is -0.384. The van der Waals surface area contributed by atoms with Gasteiger partial charge in [-0.25, -0.2) is 4.79 Å². The van der Waals surface area contributed by atoms with Gasteiger partial charge in [0.25, 0.3) is 5.69 Å². The van der Waals surface area contributed by atoms with E-state index in [4.69, 9.17) is 5.11 Å². The van der Waals surface area contributed by atoms with Crippen LogP contribution < -0.4 is 0 Å². The quantitative estimate of drug-likeness (QED) is 0.632. The van der Waals surface area contributed by atoms with Gasteiger partial charge in [0, 0.05) is 25.2 Å². The number of nitrogens with zero attached hydrogens (tertiary/aromatic N) is 2. The number of benzene rings is 1. The molecule has 1 aliphatic rings. The number of hydrogen-bond donors (Lipinski definition) is 1. The van der Waals surface area contributed by atoms with Crippen molar-refractivity contribution in [2.24, 2.45) is 11.8 Å². The van der Waals surface area contributed by atoms with Crippen molar-refractivity contribution in [1.82, 2.24) is 4.90 Å². The Morgan fingerprint density at radius 3 is 2.10 bits per heavy atom. The van der Waals surface area contributed by atoms with Crippen molar-refractivity contribution in [3.8, 4) is 0 Å². The van der Waals surface area contributed by atoms with E-state index in [1.807, 2.05) is 0 Å². The van der Waals surface area contributed by atoms with Crippen LogP contribution in [-0.4, -0.2) is 34.1 Å². The summed E-state index contributed by atoms with van der Waals surface area (Å²) in [7, 11) is 0. The summed E-state index contributed by atoms with van der Waals surface area (Å²) in [5.74, 6) is 1.05. The number of non-ortho nitro benzene ring substituents is 1. The zero-order valence-electron chi connectivity index (χ0n) is 11.7. The monoisotopic (exact) mass is 280 g/mol. The summed E-state index contributed by atoms with van der Waals surface area (Å²) in [6.07, 6.45) is 0.382. The van der Waals surface area contributed by atoms with Crippen LogP contribution in [0.2, 0.25) is 0 Å². The van der Waals surface area contributed by atoms with Gasteiger partial charge in [0.15, 0.2) is 0 Å². The Labute approximate surface area is 118 Å². The Hall–Kier alpha value is -2.11. The van der Waals surface area contributed by atoms with Crippen molar-refractivity contribution >= 4 is 11.8 Å². The maximum absolute atomic E-state index is 10.6. The molecule has 2 unspecified atom stereocenters. The lowest BCUT2D eigenvalue weighted by Gasteiger charge is -2.32. The number of carboxylic acid groups (broad SMARTS) is 1. The van der Waals surface area contributed by atoms with Gasteiger partial charge in [0.1, 0.15) is 0 Å². The molecule has 20 heavy (non-hydrogen) atoms. The molecule has 6 nitrogen and oxygen atoms in total. The van der Waals surface area contributed by atoms with Crippen LogP contribution in [0.4, 0.5) is 10.5 Å². The van der Waals surface area contributed by atoms with Crippen molar-refractivity contribution in [2.45, 2.75) is 20.3 Å². The summed E-state index contributed by atoms with van der Waals surface area (Å²) in [6.45, 7) is 5.62. The minimum Gasteiger partial charge on any atom is -0.465 e. The number of rotatable bonds is 1. The van der Waals surface area contributed by atoms with Gasteiger partial charge in [-0.05, 0) is 18.3 Å². The lowest BCUT2D eigenvalue weighted by atomic mass is 9.92. The highest BCUT2D eigenvalue weighted by atomic mass is 16.6. The molecule has 1 aliphatic heterocycles. The fourth-order valence-corrected chi connectivity index (χ4v) is 2.37. The summed E-state index contributed by atoms with van der Waals surface area (Å²) >= 11 is 0. The van der Waals surface area contributed by atoms with E-state index >= 15 is 0 Å². The number of piperidine rings is 1. The molecule has 0 bridgehead atoms. The van der Waals surface area contributed by atoms with E-state index < -0.39 is 11.0 Å². The predicted molar refractivity (Wildman–Crippen MR) is 75.6 cm³/mol. The second-order valence-corrected chi connectivity index (χ2v) is 5.23.